The van der Waals surface area contributed by atoms with Crippen LogP contribution in [-0.2, 0) is 19.1 Å². The van der Waals surface area contributed by atoms with Crippen LogP contribution in [0.4, 0.5) is 0 Å². The van der Waals surface area contributed by atoms with Crippen LogP contribution in [0, 0.1) is 28.6 Å². The average Bonchev–Trinajstić information content (AvgIpc) is 2.88. The Morgan fingerprint density at radius 2 is 2.00 bits per heavy atom. The standard InChI is InChI=1S/C23H30O7/c1-12(25)30-17-10-22(3)16(9-18(27)23(22,29)19(28)11-24)15-5-4-13-8-14(26)6-7-21(13,2)20(15)17/h6-8,15-18,20,24,27,29H,4-5,9-11H2,1-3H3/t15-,16-,17+,18?,20+,21-,22-,23-/m0/s1. The van der Waals surface area contributed by atoms with E-state index < -0.39 is 47.0 Å². The van der Waals surface area contributed by atoms with Crippen molar-refractivity contribution in [2.24, 2.45) is 28.6 Å². The Balaban J connectivity index is 1.83. The molecule has 0 spiro atoms. The Morgan fingerprint density at radius 1 is 1.30 bits per heavy atom. The van der Waals surface area contributed by atoms with E-state index >= 15 is 0 Å². The molecule has 164 valence electrons. The van der Waals surface area contributed by atoms with Gasteiger partial charge in [-0.2, -0.15) is 0 Å². The number of carbonyl (C=O) groups excluding carboxylic acids is 3. The number of ketones is 2. The highest BCUT2D eigenvalue weighted by atomic mass is 16.5. The van der Waals surface area contributed by atoms with Gasteiger partial charge in [-0.15, -0.1) is 0 Å². The van der Waals surface area contributed by atoms with Crippen molar-refractivity contribution in [3.05, 3.63) is 23.8 Å². The summed E-state index contributed by atoms with van der Waals surface area (Å²) in [6.07, 6.45) is 5.07. The number of ether oxygens (including phenoxy) is 1. The van der Waals surface area contributed by atoms with Crippen LogP contribution in [0.25, 0.3) is 0 Å². The molecule has 0 aliphatic heterocycles. The molecule has 0 bridgehead atoms. The second kappa shape index (κ2) is 6.84. The van der Waals surface area contributed by atoms with Gasteiger partial charge in [0.25, 0.3) is 0 Å². The van der Waals surface area contributed by atoms with E-state index in [0.717, 1.165) is 5.57 Å². The molecule has 3 N–H and O–H groups in total. The van der Waals surface area contributed by atoms with E-state index in [9.17, 15) is 29.7 Å². The first-order valence-corrected chi connectivity index (χ1v) is 10.6. The maximum Gasteiger partial charge on any atom is 0.302 e. The lowest BCUT2D eigenvalue weighted by Gasteiger charge is -2.59. The molecule has 0 aromatic heterocycles. The molecule has 4 aliphatic carbocycles. The van der Waals surface area contributed by atoms with Crippen molar-refractivity contribution in [3.63, 3.8) is 0 Å². The van der Waals surface area contributed by atoms with Crippen molar-refractivity contribution in [3.8, 4) is 0 Å². The minimum atomic E-state index is -2.09. The van der Waals surface area contributed by atoms with Crippen LogP contribution in [-0.4, -0.2) is 57.3 Å². The predicted molar refractivity (Wildman–Crippen MR) is 106 cm³/mol. The molecule has 3 saturated carbocycles. The smallest absolute Gasteiger partial charge is 0.302 e. The molecular weight excluding hydrogens is 388 g/mol. The van der Waals surface area contributed by atoms with Gasteiger partial charge in [0.15, 0.2) is 17.2 Å². The highest BCUT2D eigenvalue weighted by Gasteiger charge is 2.72. The number of aliphatic hydroxyl groups is 3. The summed E-state index contributed by atoms with van der Waals surface area (Å²) in [5.74, 6) is -1.65. The monoisotopic (exact) mass is 418 g/mol. The first kappa shape index (κ1) is 21.4. The van der Waals surface area contributed by atoms with Gasteiger partial charge in [0.05, 0.1) is 6.10 Å². The molecule has 0 amide bonds. The summed E-state index contributed by atoms with van der Waals surface area (Å²) in [6.45, 7) is 4.29. The molecular formula is C23H30O7. The lowest BCUT2D eigenvalue weighted by molar-refractivity contribution is -0.198. The number of fused-ring (bicyclic) bond motifs is 5. The minimum absolute atomic E-state index is 0.0248. The lowest BCUT2D eigenvalue weighted by Crippen LogP contribution is -2.64. The highest BCUT2D eigenvalue weighted by Crippen LogP contribution is 2.67. The van der Waals surface area contributed by atoms with E-state index in [1.54, 1.807) is 19.1 Å². The molecule has 4 aliphatic rings. The Kier molecular flexibility index (Phi) is 4.88. The van der Waals surface area contributed by atoms with Crippen molar-refractivity contribution in [2.75, 3.05) is 6.61 Å². The molecule has 0 heterocycles. The van der Waals surface area contributed by atoms with Gasteiger partial charge in [0.1, 0.15) is 12.7 Å². The zero-order valence-corrected chi connectivity index (χ0v) is 17.6. The van der Waals surface area contributed by atoms with E-state index in [1.807, 2.05) is 13.0 Å². The summed E-state index contributed by atoms with van der Waals surface area (Å²) < 4.78 is 5.77. The van der Waals surface area contributed by atoms with Gasteiger partial charge in [-0.3, -0.25) is 14.4 Å². The number of esters is 1. The molecule has 7 nitrogen and oxygen atoms in total. The Labute approximate surface area is 175 Å². The second-order valence-electron chi connectivity index (χ2n) is 9.89. The third-order valence-electron chi connectivity index (χ3n) is 8.58. The fraction of sp³-hybridized carbons (Fsp3) is 0.696. The van der Waals surface area contributed by atoms with Gasteiger partial charge in [0.2, 0.25) is 0 Å². The maximum atomic E-state index is 12.6. The van der Waals surface area contributed by atoms with Gasteiger partial charge in [-0.25, -0.2) is 0 Å². The first-order valence-electron chi connectivity index (χ1n) is 10.6. The molecule has 0 aromatic carbocycles. The molecule has 0 saturated heterocycles. The SMILES string of the molecule is CC(=O)O[C@@H]1C[C@@]2(C)[C@@H](CC(O)[C@]2(O)C(=O)CO)[C@@H]2CCC3=CC(=O)C=C[C@]3(C)[C@H]21. The van der Waals surface area contributed by atoms with Gasteiger partial charge in [0, 0.05) is 23.7 Å². The third-order valence-corrected chi connectivity index (χ3v) is 8.58. The molecule has 7 heteroatoms. The van der Waals surface area contributed by atoms with Crippen LogP contribution in [0.3, 0.4) is 0 Å². The van der Waals surface area contributed by atoms with Crippen molar-refractivity contribution in [1.29, 1.82) is 0 Å². The van der Waals surface area contributed by atoms with E-state index in [4.69, 9.17) is 4.74 Å². The van der Waals surface area contributed by atoms with Crippen LogP contribution >= 0.6 is 0 Å². The Morgan fingerprint density at radius 3 is 2.63 bits per heavy atom. The fourth-order valence-corrected chi connectivity index (χ4v) is 7.25. The summed E-state index contributed by atoms with van der Waals surface area (Å²) >= 11 is 0. The average molecular weight is 418 g/mol. The Hall–Kier alpha value is -1.83. The van der Waals surface area contributed by atoms with Gasteiger partial charge in [-0.05, 0) is 49.7 Å². The number of carbonyl (C=O) groups is 3. The quantitative estimate of drug-likeness (QED) is 0.587. The highest BCUT2D eigenvalue weighted by molar-refractivity contribution is 6.01. The summed E-state index contributed by atoms with van der Waals surface area (Å²) in [5.41, 5.74) is -2.60. The van der Waals surface area contributed by atoms with Gasteiger partial charge in [-0.1, -0.05) is 25.5 Å². The summed E-state index contributed by atoms with van der Waals surface area (Å²) in [7, 11) is 0. The minimum Gasteiger partial charge on any atom is -0.462 e. The lowest BCUT2D eigenvalue weighted by atomic mass is 9.46. The van der Waals surface area contributed by atoms with Crippen LogP contribution in [0.1, 0.15) is 46.5 Å². The van der Waals surface area contributed by atoms with Gasteiger partial charge >= 0.3 is 5.97 Å². The summed E-state index contributed by atoms with van der Waals surface area (Å²) in [6, 6.07) is 0. The molecule has 4 rings (SSSR count). The van der Waals surface area contributed by atoms with E-state index in [-0.39, 0.29) is 36.4 Å². The topological polar surface area (TPSA) is 121 Å². The van der Waals surface area contributed by atoms with E-state index in [1.165, 1.54) is 6.92 Å². The second-order valence-corrected chi connectivity index (χ2v) is 9.89. The van der Waals surface area contributed by atoms with Crippen molar-refractivity contribution >= 4 is 17.5 Å². The third kappa shape index (κ3) is 2.65. The van der Waals surface area contributed by atoms with Crippen LogP contribution in [0.15, 0.2) is 23.8 Å². The van der Waals surface area contributed by atoms with Crippen molar-refractivity contribution in [2.45, 2.75) is 64.3 Å². The Bertz CT molecular complexity index is 860. The number of allylic oxidation sites excluding steroid dienone is 4. The van der Waals surface area contributed by atoms with E-state index in [0.29, 0.717) is 12.8 Å². The molecule has 0 aromatic rings. The largest absolute Gasteiger partial charge is 0.462 e. The number of aliphatic hydroxyl groups excluding tert-OH is 2. The zero-order chi connectivity index (χ0) is 22.1. The van der Waals surface area contributed by atoms with E-state index in [2.05, 4.69) is 0 Å². The number of hydrogen-bond donors (Lipinski definition) is 3. The summed E-state index contributed by atoms with van der Waals surface area (Å²) in [4.78, 5) is 36.6. The van der Waals surface area contributed by atoms with Crippen LogP contribution in [0.2, 0.25) is 0 Å². The molecule has 3 fully saturated rings. The fourth-order valence-electron chi connectivity index (χ4n) is 7.25. The van der Waals surface area contributed by atoms with Crippen molar-refractivity contribution in [1.82, 2.24) is 0 Å². The van der Waals surface area contributed by atoms with Crippen LogP contribution < -0.4 is 0 Å². The maximum absolute atomic E-state index is 12.6. The number of Topliss-reactive ketones (excluding diaryl/α,β-unsaturated/α-hetero) is 1. The van der Waals surface area contributed by atoms with Crippen molar-refractivity contribution < 1.29 is 34.4 Å². The first-order chi connectivity index (χ1) is 14.0. The molecule has 30 heavy (non-hydrogen) atoms. The predicted octanol–water partition coefficient (Wildman–Crippen LogP) is 1.10. The molecule has 1 unspecified atom stereocenters. The summed E-state index contributed by atoms with van der Waals surface area (Å²) in [5, 5.41) is 31.7. The van der Waals surface area contributed by atoms with Crippen LogP contribution in [0.5, 0.6) is 0 Å². The zero-order valence-electron chi connectivity index (χ0n) is 17.6. The molecule has 0 radical (unpaired) electrons. The normalized spacial score (nSPS) is 47.1. The molecule has 8 atom stereocenters. The number of hydrogen-bond acceptors (Lipinski definition) is 7. The van der Waals surface area contributed by atoms with Gasteiger partial charge < -0.3 is 20.1 Å². The number of rotatable bonds is 3.